The zero-order valence-electron chi connectivity index (χ0n) is 8.91. The van der Waals surface area contributed by atoms with Gasteiger partial charge >= 0.3 is 0 Å². The van der Waals surface area contributed by atoms with Crippen molar-refractivity contribution in [2.75, 3.05) is 25.0 Å². The molecule has 2 rings (SSSR count). The van der Waals surface area contributed by atoms with Gasteiger partial charge in [-0.3, -0.25) is 0 Å². The maximum atomic E-state index is 4.34. The van der Waals surface area contributed by atoms with E-state index in [9.17, 15) is 0 Å². The number of hydrogen-bond acceptors (Lipinski definition) is 3. The molecular weight excluding hydrogens is 254 g/mol. The zero-order chi connectivity index (χ0) is 10.7. The Balaban J connectivity index is 1.83. The van der Waals surface area contributed by atoms with Crippen LogP contribution in [0.25, 0.3) is 0 Å². The van der Waals surface area contributed by atoms with E-state index < -0.39 is 0 Å². The Labute approximate surface area is 99.0 Å². The van der Waals surface area contributed by atoms with Crippen LogP contribution in [0.5, 0.6) is 0 Å². The van der Waals surface area contributed by atoms with Crippen LogP contribution in [-0.2, 0) is 0 Å². The molecule has 0 aliphatic heterocycles. The number of halogens is 1. The fraction of sp³-hybridized carbons (Fsp3) is 0.545. The van der Waals surface area contributed by atoms with Gasteiger partial charge in [-0.25, -0.2) is 4.98 Å². The molecule has 82 valence electrons. The zero-order valence-corrected chi connectivity index (χ0v) is 10.5. The molecule has 1 heterocycles. The summed E-state index contributed by atoms with van der Waals surface area (Å²) in [6, 6.07) is 4.74. The van der Waals surface area contributed by atoms with E-state index >= 15 is 0 Å². The Morgan fingerprint density at radius 3 is 3.07 bits per heavy atom. The minimum absolute atomic E-state index is 0.783. The number of rotatable bonds is 5. The molecule has 4 heteroatoms. The number of aromatic nitrogens is 1. The van der Waals surface area contributed by atoms with E-state index in [0.717, 1.165) is 29.4 Å². The average molecular weight is 270 g/mol. The minimum Gasteiger partial charge on any atom is -0.357 e. The number of anilines is 1. The quantitative estimate of drug-likeness (QED) is 0.887. The highest BCUT2D eigenvalue weighted by atomic mass is 79.9. The van der Waals surface area contributed by atoms with Gasteiger partial charge in [0.15, 0.2) is 0 Å². The van der Waals surface area contributed by atoms with Crippen LogP contribution in [0.1, 0.15) is 12.8 Å². The third-order valence-electron chi connectivity index (χ3n) is 2.56. The van der Waals surface area contributed by atoms with E-state index in [2.05, 4.69) is 38.2 Å². The molecule has 0 unspecified atom stereocenters. The van der Waals surface area contributed by atoms with Gasteiger partial charge in [0.05, 0.1) is 4.47 Å². The van der Waals surface area contributed by atoms with E-state index in [1.165, 1.54) is 12.8 Å². The number of likely N-dealkylation sites (N-methyl/N-ethyl adjacent to an activating group) is 1. The highest BCUT2D eigenvalue weighted by Crippen LogP contribution is 2.21. The third kappa shape index (κ3) is 3.18. The van der Waals surface area contributed by atoms with E-state index in [-0.39, 0.29) is 0 Å². The van der Waals surface area contributed by atoms with Crippen molar-refractivity contribution in [3.05, 3.63) is 22.8 Å². The number of pyridine rings is 1. The Bertz CT molecular complexity index is 325. The lowest BCUT2D eigenvalue weighted by molar-refractivity contribution is 0.672. The van der Waals surface area contributed by atoms with Gasteiger partial charge in [0.25, 0.3) is 0 Å². The summed E-state index contributed by atoms with van der Waals surface area (Å²) in [5.74, 6) is 1.01. The first-order valence-corrected chi connectivity index (χ1v) is 6.11. The predicted molar refractivity (Wildman–Crippen MR) is 66.2 cm³/mol. The molecule has 1 aliphatic carbocycles. The first-order valence-electron chi connectivity index (χ1n) is 5.32. The lowest BCUT2D eigenvalue weighted by Gasteiger charge is -2.19. The molecule has 0 radical (unpaired) electrons. The van der Waals surface area contributed by atoms with Crippen LogP contribution in [0.15, 0.2) is 22.8 Å². The number of nitrogens with one attached hydrogen (secondary N) is 1. The van der Waals surface area contributed by atoms with Gasteiger partial charge in [-0.2, -0.15) is 0 Å². The van der Waals surface area contributed by atoms with E-state index in [4.69, 9.17) is 0 Å². The summed E-state index contributed by atoms with van der Waals surface area (Å²) in [6.07, 6.45) is 4.51. The molecule has 0 bridgehead atoms. The summed E-state index contributed by atoms with van der Waals surface area (Å²) in [4.78, 5) is 6.51. The van der Waals surface area contributed by atoms with Gasteiger partial charge in [0, 0.05) is 32.4 Å². The fourth-order valence-electron chi connectivity index (χ4n) is 1.49. The monoisotopic (exact) mass is 269 g/mol. The van der Waals surface area contributed by atoms with Gasteiger partial charge < -0.3 is 10.2 Å². The molecule has 0 aromatic carbocycles. The Morgan fingerprint density at radius 2 is 2.40 bits per heavy atom. The van der Waals surface area contributed by atoms with Gasteiger partial charge in [0.2, 0.25) is 0 Å². The smallest absolute Gasteiger partial charge is 0.142 e. The van der Waals surface area contributed by atoms with Crippen molar-refractivity contribution in [3.63, 3.8) is 0 Å². The van der Waals surface area contributed by atoms with Gasteiger partial charge in [0.1, 0.15) is 5.82 Å². The van der Waals surface area contributed by atoms with Crippen molar-refractivity contribution in [2.45, 2.75) is 18.9 Å². The number of nitrogens with zero attached hydrogens (tertiary/aromatic N) is 2. The largest absolute Gasteiger partial charge is 0.357 e. The average Bonchev–Trinajstić information content (AvgIpc) is 3.02. The fourth-order valence-corrected chi connectivity index (χ4v) is 2.05. The molecule has 3 nitrogen and oxygen atoms in total. The first kappa shape index (κ1) is 10.9. The van der Waals surface area contributed by atoms with Crippen molar-refractivity contribution in [1.82, 2.24) is 10.3 Å². The standard InChI is InChI=1S/C11H16BrN3/c1-15(8-7-13-9-4-5-9)11-10(12)3-2-6-14-11/h2-3,6,9,13H,4-5,7-8H2,1H3. The first-order chi connectivity index (χ1) is 7.27. The van der Waals surface area contributed by atoms with Crippen LogP contribution >= 0.6 is 15.9 Å². The molecule has 1 aromatic heterocycles. The van der Waals surface area contributed by atoms with Crippen LogP contribution in [0.3, 0.4) is 0 Å². The molecule has 0 spiro atoms. The summed E-state index contributed by atoms with van der Waals surface area (Å²) in [6.45, 7) is 2.02. The summed E-state index contributed by atoms with van der Waals surface area (Å²) < 4.78 is 1.05. The molecular formula is C11H16BrN3. The van der Waals surface area contributed by atoms with Gasteiger partial charge in [-0.1, -0.05) is 0 Å². The summed E-state index contributed by atoms with van der Waals surface area (Å²) in [5, 5.41) is 3.49. The van der Waals surface area contributed by atoms with Crippen LogP contribution < -0.4 is 10.2 Å². The topological polar surface area (TPSA) is 28.2 Å². The van der Waals surface area contributed by atoms with Crippen LogP contribution in [0.4, 0.5) is 5.82 Å². The van der Waals surface area contributed by atoms with Crippen LogP contribution in [0.2, 0.25) is 0 Å². The summed E-state index contributed by atoms with van der Waals surface area (Å²) in [7, 11) is 2.07. The van der Waals surface area contributed by atoms with Crippen LogP contribution in [-0.4, -0.2) is 31.2 Å². The summed E-state index contributed by atoms with van der Waals surface area (Å²) >= 11 is 3.51. The van der Waals surface area contributed by atoms with E-state index in [1.807, 2.05) is 18.3 Å². The van der Waals surface area contributed by atoms with Crippen molar-refractivity contribution in [2.24, 2.45) is 0 Å². The second-order valence-corrected chi connectivity index (χ2v) is 4.81. The van der Waals surface area contributed by atoms with Crippen molar-refractivity contribution >= 4 is 21.7 Å². The van der Waals surface area contributed by atoms with Crippen LogP contribution in [0, 0.1) is 0 Å². The van der Waals surface area contributed by atoms with Crippen molar-refractivity contribution in [1.29, 1.82) is 0 Å². The van der Waals surface area contributed by atoms with Crippen molar-refractivity contribution in [3.8, 4) is 0 Å². The second-order valence-electron chi connectivity index (χ2n) is 3.96. The maximum Gasteiger partial charge on any atom is 0.142 e. The predicted octanol–water partition coefficient (Wildman–Crippen LogP) is 2.03. The van der Waals surface area contributed by atoms with Gasteiger partial charge in [-0.05, 0) is 40.9 Å². The molecule has 0 atom stereocenters. The van der Waals surface area contributed by atoms with Crippen molar-refractivity contribution < 1.29 is 0 Å². The molecule has 0 saturated heterocycles. The molecule has 15 heavy (non-hydrogen) atoms. The third-order valence-corrected chi connectivity index (χ3v) is 3.18. The highest BCUT2D eigenvalue weighted by Gasteiger charge is 2.19. The molecule has 1 aromatic rings. The van der Waals surface area contributed by atoms with Gasteiger partial charge in [-0.15, -0.1) is 0 Å². The molecule has 1 saturated carbocycles. The molecule has 1 fully saturated rings. The second kappa shape index (κ2) is 4.94. The normalized spacial score (nSPS) is 15.3. The lowest BCUT2D eigenvalue weighted by atomic mass is 10.4. The Morgan fingerprint density at radius 1 is 1.60 bits per heavy atom. The SMILES string of the molecule is CN(CCNC1CC1)c1ncccc1Br. The summed E-state index contributed by atoms with van der Waals surface area (Å²) in [5.41, 5.74) is 0. The molecule has 0 amide bonds. The highest BCUT2D eigenvalue weighted by molar-refractivity contribution is 9.10. The maximum absolute atomic E-state index is 4.34. The van der Waals surface area contributed by atoms with E-state index in [0.29, 0.717) is 0 Å². The minimum atomic E-state index is 0.783. The van der Waals surface area contributed by atoms with E-state index in [1.54, 1.807) is 0 Å². The molecule has 1 aliphatic rings. The Hall–Kier alpha value is -0.610. The lowest BCUT2D eigenvalue weighted by Crippen LogP contribution is -2.30. The Kier molecular flexibility index (Phi) is 3.59. The number of hydrogen-bond donors (Lipinski definition) is 1. The molecule has 1 N–H and O–H groups in total.